The second-order valence-corrected chi connectivity index (χ2v) is 5.22. The summed E-state index contributed by atoms with van der Waals surface area (Å²) >= 11 is 3.51. The zero-order chi connectivity index (χ0) is 9.80. The van der Waals surface area contributed by atoms with Crippen LogP contribution in [0.1, 0.15) is 0 Å². The number of hydrogen-bond acceptors (Lipinski definition) is 5. The molecule has 14 heavy (non-hydrogen) atoms. The molecule has 1 aliphatic rings. The van der Waals surface area contributed by atoms with Crippen LogP contribution in [0, 0.1) is 0 Å². The summed E-state index contributed by atoms with van der Waals surface area (Å²) in [5, 5.41) is 8.99. The van der Waals surface area contributed by atoms with Crippen molar-refractivity contribution in [3.05, 3.63) is 6.33 Å². The van der Waals surface area contributed by atoms with E-state index in [-0.39, 0.29) is 11.2 Å². The minimum absolute atomic E-state index is 0.0129. The van der Waals surface area contributed by atoms with Gasteiger partial charge in [-0.15, -0.1) is 11.8 Å². The van der Waals surface area contributed by atoms with Crippen LogP contribution >= 0.6 is 23.5 Å². The molecular weight excluding hydrogens is 220 g/mol. The van der Waals surface area contributed by atoms with Gasteiger partial charge in [0.25, 0.3) is 0 Å². The molecule has 0 aliphatic carbocycles. The van der Waals surface area contributed by atoms with E-state index in [0.29, 0.717) is 5.95 Å². The van der Waals surface area contributed by atoms with E-state index >= 15 is 0 Å². The number of aromatic amines is 1. The van der Waals surface area contributed by atoms with Gasteiger partial charge >= 0.3 is 0 Å². The van der Waals surface area contributed by atoms with E-state index in [2.05, 4.69) is 20.5 Å². The maximum Gasteiger partial charge on any atom is 0.240 e. The first-order valence-corrected chi connectivity index (χ1v) is 6.42. The van der Waals surface area contributed by atoms with Crippen molar-refractivity contribution in [1.29, 1.82) is 0 Å². The smallest absolute Gasteiger partial charge is 0.240 e. The van der Waals surface area contributed by atoms with Gasteiger partial charge in [-0.1, -0.05) is 0 Å². The topological polar surface area (TPSA) is 70.7 Å². The zero-order valence-electron chi connectivity index (χ0n) is 7.40. The molecule has 1 unspecified atom stereocenters. The molecule has 5 nitrogen and oxygen atoms in total. The van der Waals surface area contributed by atoms with E-state index in [1.165, 1.54) is 6.33 Å². The Kier molecular flexibility index (Phi) is 3.30. The summed E-state index contributed by atoms with van der Waals surface area (Å²) in [5.74, 6) is 3.49. The average molecular weight is 230 g/mol. The van der Waals surface area contributed by atoms with Crippen LogP contribution in [0.5, 0.6) is 0 Å². The van der Waals surface area contributed by atoms with Gasteiger partial charge in [-0.3, -0.25) is 10.1 Å². The quantitative estimate of drug-likeness (QED) is 0.778. The van der Waals surface area contributed by atoms with E-state index in [9.17, 15) is 4.79 Å². The minimum atomic E-state index is 0.0129. The molecule has 0 radical (unpaired) electrons. The van der Waals surface area contributed by atoms with Crippen molar-refractivity contribution in [2.75, 3.05) is 22.6 Å². The largest absolute Gasteiger partial charge is 0.294 e. The predicted octanol–water partition coefficient (Wildman–Crippen LogP) is 0.592. The first-order valence-electron chi connectivity index (χ1n) is 4.22. The maximum absolute atomic E-state index is 11.6. The number of anilines is 1. The van der Waals surface area contributed by atoms with Crippen LogP contribution in [0.15, 0.2) is 6.33 Å². The van der Waals surface area contributed by atoms with Crippen LogP contribution in [0.2, 0.25) is 0 Å². The fraction of sp³-hybridized carbons (Fsp3) is 0.571. The summed E-state index contributed by atoms with van der Waals surface area (Å²) in [7, 11) is 0. The van der Waals surface area contributed by atoms with Crippen molar-refractivity contribution in [1.82, 2.24) is 15.2 Å². The Balaban J connectivity index is 1.88. The molecule has 1 atom stereocenters. The molecule has 7 heteroatoms. The van der Waals surface area contributed by atoms with Gasteiger partial charge in [0.2, 0.25) is 11.9 Å². The van der Waals surface area contributed by atoms with E-state index < -0.39 is 0 Å². The van der Waals surface area contributed by atoms with E-state index in [1.54, 1.807) is 11.8 Å². The second-order valence-electron chi connectivity index (χ2n) is 2.76. The van der Waals surface area contributed by atoms with Gasteiger partial charge in [0.05, 0.1) is 5.25 Å². The summed E-state index contributed by atoms with van der Waals surface area (Å²) < 4.78 is 0. The van der Waals surface area contributed by atoms with Crippen LogP contribution in [0.4, 0.5) is 5.95 Å². The van der Waals surface area contributed by atoms with Crippen molar-refractivity contribution in [2.45, 2.75) is 5.25 Å². The fourth-order valence-electron chi connectivity index (χ4n) is 1.10. The molecule has 2 N–H and O–H groups in total. The monoisotopic (exact) mass is 230 g/mol. The molecule has 1 aromatic heterocycles. The molecule has 0 saturated carbocycles. The molecule has 76 valence electrons. The third-order valence-corrected chi connectivity index (χ3v) is 4.52. The highest BCUT2D eigenvalue weighted by Crippen LogP contribution is 2.24. The molecule has 2 heterocycles. The summed E-state index contributed by atoms with van der Waals surface area (Å²) in [6.45, 7) is 0. The van der Waals surface area contributed by atoms with Gasteiger partial charge < -0.3 is 0 Å². The number of thioether (sulfide) groups is 2. The Morgan fingerprint density at radius 2 is 2.57 bits per heavy atom. The molecule has 0 spiro atoms. The lowest BCUT2D eigenvalue weighted by Gasteiger charge is -2.19. The number of carbonyl (C=O) groups excluding carboxylic acids is 1. The van der Waals surface area contributed by atoms with Gasteiger partial charge in [-0.05, 0) is 0 Å². The van der Waals surface area contributed by atoms with Gasteiger partial charge in [-0.25, -0.2) is 5.10 Å². The molecule has 1 amide bonds. The van der Waals surface area contributed by atoms with Crippen LogP contribution in [0.25, 0.3) is 0 Å². The molecule has 1 fully saturated rings. The molecule has 1 aliphatic heterocycles. The van der Waals surface area contributed by atoms with Crippen molar-refractivity contribution in [3.8, 4) is 0 Å². The number of amides is 1. The summed E-state index contributed by atoms with van der Waals surface area (Å²) in [4.78, 5) is 15.5. The lowest BCUT2D eigenvalue weighted by atomic mass is 10.4. The number of rotatable bonds is 2. The van der Waals surface area contributed by atoms with Gasteiger partial charge in [0, 0.05) is 17.3 Å². The number of carbonyl (C=O) groups is 1. The van der Waals surface area contributed by atoms with Gasteiger partial charge in [0.1, 0.15) is 6.33 Å². The molecule has 1 saturated heterocycles. The highest BCUT2D eigenvalue weighted by atomic mass is 32.2. The number of hydrogen-bond donors (Lipinski definition) is 2. The second kappa shape index (κ2) is 4.70. The first-order chi connectivity index (χ1) is 6.86. The third-order valence-electron chi connectivity index (χ3n) is 1.76. The standard InChI is InChI=1S/C7H10N4OS2/c12-6(5-3-13-1-2-14-5)10-7-8-4-9-11-7/h4-5H,1-3H2,(H2,8,9,10,11,12). The zero-order valence-corrected chi connectivity index (χ0v) is 9.03. The van der Waals surface area contributed by atoms with Crippen LogP contribution in [0.3, 0.4) is 0 Å². The molecule has 1 aromatic rings. The Morgan fingerprint density at radius 1 is 1.64 bits per heavy atom. The number of H-pyrrole nitrogens is 1. The minimum Gasteiger partial charge on any atom is -0.294 e. The normalized spacial score (nSPS) is 21.9. The summed E-state index contributed by atoms with van der Waals surface area (Å²) in [5.41, 5.74) is 0. The van der Waals surface area contributed by atoms with Crippen molar-refractivity contribution in [3.63, 3.8) is 0 Å². The van der Waals surface area contributed by atoms with E-state index in [0.717, 1.165) is 17.3 Å². The molecular formula is C7H10N4OS2. The SMILES string of the molecule is O=C(Nc1ncn[nH]1)C1CSCCS1. The lowest BCUT2D eigenvalue weighted by molar-refractivity contribution is -0.115. The molecule has 2 rings (SSSR count). The lowest BCUT2D eigenvalue weighted by Crippen LogP contribution is -2.30. The highest BCUT2D eigenvalue weighted by Gasteiger charge is 2.22. The molecule has 0 aromatic carbocycles. The van der Waals surface area contributed by atoms with Crippen molar-refractivity contribution in [2.24, 2.45) is 0 Å². The van der Waals surface area contributed by atoms with E-state index in [4.69, 9.17) is 0 Å². The van der Waals surface area contributed by atoms with Crippen LogP contribution in [-0.4, -0.2) is 43.6 Å². The first kappa shape index (κ1) is 9.85. The Bertz CT molecular complexity index is 297. The van der Waals surface area contributed by atoms with Gasteiger partial charge in [0.15, 0.2) is 0 Å². The third kappa shape index (κ3) is 2.42. The van der Waals surface area contributed by atoms with Crippen LogP contribution < -0.4 is 5.32 Å². The number of nitrogens with zero attached hydrogens (tertiary/aromatic N) is 2. The summed E-state index contributed by atoms with van der Waals surface area (Å²) in [6.07, 6.45) is 1.37. The molecule has 0 bridgehead atoms. The number of aromatic nitrogens is 3. The number of nitrogens with one attached hydrogen (secondary N) is 2. The van der Waals surface area contributed by atoms with Gasteiger partial charge in [-0.2, -0.15) is 21.8 Å². The average Bonchev–Trinajstić information content (AvgIpc) is 2.72. The maximum atomic E-state index is 11.6. The highest BCUT2D eigenvalue weighted by molar-refractivity contribution is 8.07. The van der Waals surface area contributed by atoms with Crippen molar-refractivity contribution < 1.29 is 4.79 Å². The predicted molar refractivity (Wildman–Crippen MR) is 58.6 cm³/mol. The Morgan fingerprint density at radius 3 is 3.21 bits per heavy atom. The van der Waals surface area contributed by atoms with Crippen LogP contribution in [-0.2, 0) is 4.79 Å². The fourth-order valence-corrected chi connectivity index (χ4v) is 3.66. The van der Waals surface area contributed by atoms with Crippen molar-refractivity contribution >= 4 is 35.4 Å². The Labute approximate surface area is 89.8 Å². The summed E-state index contributed by atoms with van der Waals surface area (Å²) in [6, 6.07) is 0. The Hall–Kier alpha value is -0.690. The van der Waals surface area contributed by atoms with E-state index in [1.807, 2.05) is 11.8 Å².